The second kappa shape index (κ2) is 3.81. The zero-order valence-corrected chi connectivity index (χ0v) is 8.19. The summed E-state index contributed by atoms with van der Waals surface area (Å²) in [5.41, 5.74) is 8.65. The predicted molar refractivity (Wildman–Crippen MR) is 61.0 cm³/mol. The minimum atomic E-state index is 0.0566. The lowest BCUT2D eigenvalue weighted by molar-refractivity contribution is 0.614. The van der Waals surface area contributed by atoms with E-state index in [4.69, 9.17) is 5.73 Å². The summed E-state index contributed by atoms with van der Waals surface area (Å²) < 4.78 is 0. The van der Waals surface area contributed by atoms with Gasteiger partial charge in [-0.3, -0.25) is 0 Å². The number of hydrogen-bond donors (Lipinski definition) is 1. The molecule has 1 aromatic carbocycles. The second-order valence-corrected chi connectivity index (χ2v) is 3.69. The summed E-state index contributed by atoms with van der Waals surface area (Å²) in [5.74, 6) is 0.397. The summed E-state index contributed by atoms with van der Waals surface area (Å²) in [7, 11) is 0. The third kappa shape index (κ3) is 1.51. The largest absolute Gasteiger partial charge is 0.324 e. The summed E-state index contributed by atoms with van der Waals surface area (Å²) >= 11 is 0. The smallest absolute Gasteiger partial charge is 0.0294 e. The van der Waals surface area contributed by atoms with Gasteiger partial charge < -0.3 is 5.73 Å². The average molecular weight is 185 g/mol. The van der Waals surface area contributed by atoms with Crippen LogP contribution in [0.15, 0.2) is 43.0 Å². The first kappa shape index (κ1) is 9.22. The van der Waals surface area contributed by atoms with Crippen LogP contribution in [0.25, 0.3) is 6.08 Å². The number of allylic oxidation sites excluding steroid dienone is 1. The Morgan fingerprint density at radius 3 is 3.00 bits per heavy atom. The summed E-state index contributed by atoms with van der Waals surface area (Å²) in [6, 6.07) is 8.48. The molecule has 1 aliphatic carbocycles. The second-order valence-electron chi connectivity index (χ2n) is 3.69. The van der Waals surface area contributed by atoms with Crippen LogP contribution in [0.2, 0.25) is 0 Å². The van der Waals surface area contributed by atoms with Gasteiger partial charge in [0.05, 0.1) is 0 Å². The van der Waals surface area contributed by atoms with Crippen molar-refractivity contribution in [3.05, 3.63) is 54.1 Å². The van der Waals surface area contributed by atoms with Crippen molar-refractivity contribution in [3.63, 3.8) is 0 Å². The van der Waals surface area contributed by atoms with E-state index >= 15 is 0 Å². The molecule has 2 rings (SSSR count). The monoisotopic (exact) mass is 185 g/mol. The van der Waals surface area contributed by atoms with Crippen LogP contribution in [-0.2, 0) is 0 Å². The zero-order valence-electron chi connectivity index (χ0n) is 8.19. The SMILES string of the molecule is C=CC(N)C1CC=Cc2ccccc21. The van der Waals surface area contributed by atoms with Crippen molar-refractivity contribution in [1.29, 1.82) is 0 Å². The van der Waals surface area contributed by atoms with Gasteiger partial charge >= 0.3 is 0 Å². The molecule has 1 aliphatic rings. The van der Waals surface area contributed by atoms with Crippen LogP contribution < -0.4 is 5.73 Å². The summed E-state index contributed by atoms with van der Waals surface area (Å²) in [5, 5.41) is 0. The Labute approximate surface area is 84.9 Å². The number of fused-ring (bicyclic) bond motifs is 1. The van der Waals surface area contributed by atoms with Crippen molar-refractivity contribution < 1.29 is 0 Å². The third-order valence-electron chi connectivity index (χ3n) is 2.82. The van der Waals surface area contributed by atoms with E-state index in [0.29, 0.717) is 5.92 Å². The molecule has 1 heteroatoms. The van der Waals surface area contributed by atoms with Gasteiger partial charge in [-0.15, -0.1) is 6.58 Å². The first-order chi connectivity index (χ1) is 6.83. The zero-order chi connectivity index (χ0) is 9.97. The average Bonchev–Trinajstić information content (AvgIpc) is 2.27. The first-order valence-electron chi connectivity index (χ1n) is 4.96. The molecule has 72 valence electrons. The highest BCUT2D eigenvalue weighted by molar-refractivity contribution is 5.58. The standard InChI is InChI=1S/C13H15N/c1-2-13(14)12-9-5-7-10-6-3-4-8-11(10)12/h2-8,12-13H,1,9,14H2. The highest BCUT2D eigenvalue weighted by Crippen LogP contribution is 2.31. The van der Waals surface area contributed by atoms with E-state index in [1.807, 2.05) is 6.08 Å². The van der Waals surface area contributed by atoms with Crippen molar-refractivity contribution in [3.8, 4) is 0 Å². The molecular weight excluding hydrogens is 170 g/mol. The van der Waals surface area contributed by atoms with Crippen molar-refractivity contribution in [2.24, 2.45) is 5.73 Å². The molecule has 0 radical (unpaired) electrons. The number of rotatable bonds is 2. The van der Waals surface area contributed by atoms with E-state index in [9.17, 15) is 0 Å². The van der Waals surface area contributed by atoms with E-state index in [1.54, 1.807) is 0 Å². The molecule has 0 aromatic heterocycles. The lowest BCUT2D eigenvalue weighted by Crippen LogP contribution is -2.27. The Hall–Kier alpha value is -1.34. The molecule has 2 atom stereocenters. The van der Waals surface area contributed by atoms with Gasteiger partial charge in [0.2, 0.25) is 0 Å². The molecule has 2 unspecified atom stereocenters. The Bertz CT molecular complexity index is 365. The molecule has 0 aliphatic heterocycles. The van der Waals surface area contributed by atoms with E-state index in [-0.39, 0.29) is 6.04 Å². The fourth-order valence-electron chi connectivity index (χ4n) is 2.00. The predicted octanol–water partition coefficient (Wildman–Crippen LogP) is 2.70. The van der Waals surface area contributed by atoms with Gasteiger partial charge in [-0.2, -0.15) is 0 Å². The normalized spacial score (nSPS) is 21.4. The molecule has 1 nitrogen and oxygen atoms in total. The molecule has 1 aromatic rings. The van der Waals surface area contributed by atoms with Gasteiger partial charge in [0.15, 0.2) is 0 Å². The summed E-state index contributed by atoms with van der Waals surface area (Å²) in [6.07, 6.45) is 7.21. The van der Waals surface area contributed by atoms with Gasteiger partial charge in [-0.25, -0.2) is 0 Å². The molecule has 0 bridgehead atoms. The summed E-state index contributed by atoms with van der Waals surface area (Å²) in [4.78, 5) is 0. The van der Waals surface area contributed by atoms with Crippen molar-refractivity contribution in [1.82, 2.24) is 0 Å². The van der Waals surface area contributed by atoms with E-state index in [0.717, 1.165) is 6.42 Å². The van der Waals surface area contributed by atoms with Crippen LogP contribution in [-0.4, -0.2) is 6.04 Å². The molecule has 0 heterocycles. The van der Waals surface area contributed by atoms with Crippen LogP contribution >= 0.6 is 0 Å². The maximum absolute atomic E-state index is 6.01. The Balaban J connectivity index is 2.40. The number of nitrogens with two attached hydrogens (primary N) is 1. The van der Waals surface area contributed by atoms with Gasteiger partial charge in [0.1, 0.15) is 0 Å². The quantitative estimate of drug-likeness (QED) is 0.704. The Morgan fingerprint density at radius 1 is 1.43 bits per heavy atom. The maximum atomic E-state index is 6.01. The minimum Gasteiger partial charge on any atom is -0.324 e. The van der Waals surface area contributed by atoms with Gasteiger partial charge in [0.25, 0.3) is 0 Å². The van der Waals surface area contributed by atoms with Gasteiger partial charge in [-0.05, 0) is 17.5 Å². The molecule has 0 spiro atoms. The fraction of sp³-hybridized carbons (Fsp3) is 0.231. The molecule has 14 heavy (non-hydrogen) atoms. The van der Waals surface area contributed by atoms with E-state index < -0.39 is 0 Å². The topological polar surface area (TPSA) is 26.0 Å². The Kier molecular flexibility index (Phi) is 2.51. The Morgan fingerprint density at radius 2 is 2.21 bits per heavy atom. The highest BCUT2D eigenvalue weighted by atomic mass is 14.6. The maximum Gasteiger partial charge on any atom is 0.0294 e. The van der Waals surface area contributed by atoms with Crippen LogP contribution in [0.3, 0.4) is 0 Å². The molecule has 0 saturated carbocycles. The van der Waals surface area contributed by atoms with Gasteiger partial charge in [0, 0.05) is 12.0 Å². The first-order valence-corrected chi connectivity index (χ1v) is 4.96. The highest BCUT2D eigenvalue weighted by Gasteiger charge is 2.20. The summed E-state index contributed by atoms with van der Waals surface area (Å²) in [6.45, 7) is 3.76. The number of hydrogen-bond acceptors (Lipinski definition) is 1. The minimum absolute atomic E-state index is 0.0566. The van der Waals surface area contributed by atoms with Crippen molar-refractivity contribution in [2.45, 2.75) is 18.4 Å². The molecular formula is C13H15N. The van der Waals surface area contributed by atoms with Gasteiger partial charge in [-0.1, -0.05) is 42.5 Å². The van der Waals surface area contributed by atoms with E-state index in [2.05, 4.69) is 43.0 Å². The van der Waals surface area contributed by atoms with Crippen LogP contribution in [0.5, 0.6) is 0 Å². The lowest BCUT2D eigenvalue weighted by atomic mass is 9.82. The van der Waals surface area contributed by atoms with E-state index in [1.165, 1.54) is 11.1 Å². The molecule has 2 N–H and O–H groups in total. The fourth-order valence-corrected chi connectivity index (χ4v) is 2.00. The van der Waals surface area contributed by atoms with Crippen LogP contribution in [0.1, 0.15) is 23.5 Å². The van der Waals surface area contributed by atoms with Crippen molar-refractivity contribution >= 4 is 6.08 Å². The molecule has 0 amide bonds. The van der Waals surface area contributed by atoms with Crippen LogP contribution in [0, 0.1) is 0 Å². The third-order valence-corrected chi connectivity index (χ3v) is 2.82. The molecule has 0 saturated heterocycles. The number of benzene rings is 1. The molecule has 0 fully saturated rings. The van der Waals surface area contributed by atoms with Crippen LogP contribution in [0.4, 0.5) is 0 Å². The lowest BCUT2D eigenvalue weighted by Gasteiger charge is -2.25. The van der Waals surface area contributed by atoms with Crippen molar-refractivity contribution in [2.75, 3.05) is 0 Å².